The van der Waals surface area contributed by atoms with Gasteiger partial charge in [0.05, 0.1) is 5.52 Å². The summed E-state index contributed by atoms with van der Waals surface area (Å²) in [5, 5.41) is 1.35. The van der Waals surface area contributed by atoms with Crippen molar-refractivity contribution >= 4 is 10.9 Å². The topological polar surface area (TPSA) is 24.3 Å². The molecule has 0 unspecified atom stereocenters. The highest BCUT2D eigenvalue weighted by atomic mass is 15.2. The molecule has 4 heterocycles. The van der Waals surface area contributed by atoms with Crippen molar-refractivity contribution in [2.75, 3.05) is 39.8 Å². The summed E-state index contributed by atoms with van der Waals surface area (Å²) in [6, 6.07) is 2.85. The minimum absolute atomic E-state index is 0.653. The Labute approximate surface area is 158 Å². The summed E-state index contributed by atoms with van der Waals surface area (Å²) in [6.07, 6.45) is 14.2. The van der Waals surface area contributed by atoms with Crippen molar-refractivity contribution in [1.29, 1.82) is 0 Å². The molecule has 0 saturated carbocycles. The second-order valence-corrected chi connectivity index (χ2v) is 8.42. The summed E-state index contributed by atoms with van der Waals surface area (Å²) in [5.74, 6) is 0.955. The Kier molecular flexibility index (Phi) is 5.60. The van der Waals surface area contributed by atoms with E-state index in [0.29, 0.717) is 6.04 Å². The number of nitrogens with zero attached hydrogens (tertiary/aromatic N) is 4. The number of piperidine rings is 2. The van der Waals surface area contributed by atoms with E-state index in [4.69, 9.17) is 0 Å². The van der Waals surface area contributed by atoms with Crippen molar-refractivity contribution in [3.8, 4) is 0 Å². The second-order valence-electron chi connectivity index (χ2n) is 8.42. The third kappa shape index (κ3) is 3.81. The zero-order valence-corrected chi connectivity index (χ0v) is 16.5. The third-order valence-corrected chi connectivity index (χ3v) is 6.74. The fraction of sp³-hybridized carbons (Fsp3) is 0.682. The minimum atomic E-state index is 0.653. The second kappa shape index (κ2) is 8.10. The zero-order chi connectivity index (χ0) is 17.9. The summed E-state index contributed by atoms with van der Waals surface area (Å²) in [4.78, 5) is 9.53. The molecule has 0 aliphatic carbocycles. The van der Waals surface area contributed by atoms with Gasteiger partial charge >= 0.3 is 0 Å². The molecule has 2 aromatic rings. The number of pyridine rings is 1. The summed E-state index contributed by atoms with van der Waals surface area (Å²) >= 11 is 0. The molecule has 2 aliphatic rings. The van der Waals surface area contributed by atoms with Crippen molar-refractivity contribution in [2.24, 2.45) is 5.92 Å². The van der Waals surface area contributed by atoms with E-state index in [1.807, 2.05) is 12.4 Å². The lowest BCUT2D eigenvalue weighted by atomic mass is 9.93. The molecule has 4 heteroatoms. The van der Waals surface area contributed by atoms with Crippen molar-refractivity contribution in [3.05, 3.63) is 30.2 Å². The van der Waals surface area contributed by atoms with E-state index in [0.717, 1.165) is 12.3 Å². The maximum atomic E-state index is 4.34. The van der Waals surface area contributed by atoms with E-state index in [2.05, 4.69) is 45.6 Å². The van der Waals surface area contributed by atoms with Gasteiger partial charge in [0.15, 0.2) is 0 Å². The summed E-state index contributed by atoms with van der Waals surface area (Å²) in [5.41, 5.74) is 2.82. The molecule has 0 bridgehead atoms. The van der Waals surface area contributed by atoms with Crippen molar-refractivity contribution in [3.63, 3.8) is 0 Å². The molecule has 0 radical (unpaired) electrons. The highest BCUT2D eigenvalue weighted by molar-refractivity contribution is 5.83. The zero-order valence-electron chi connectivity index (χ0n) is 16.5. The predicted molar refractivity (Wildman–Crippen MR) is 109 cm³/mol. The Balaban J connectivity index is 1.32. The molecular weight excluding hydrogens is 320 g/mol. The van der Waals surface area contributed by atoms with E-state index in [-0.39, 0.29) is 0 Å². The summed E-state index contributed by atoms with van der Waals surface area (Å²) < 4.78 is 2.55. The van der Waals surface area contributed by atoms with E-state index >= 15 is 0 Å². The largest absolute Gasteiger partial charge is 0.344 e. The first-order chi connectivity index (χ1) is 12.7. The van der Waals surface area contributed by atoms with Crippen LogP contribution in [0.3, 0.4) is 0 Å². The summed E-state index contributed by atoms with van der Waals surface area (Å²) in [7, 11) is 2.26. The van der Waals surface area contributed by atoms with Gasteiger partial charge in [-0.3, -0.25) is 4.98 Å². The Morgan fingerprint density at radius 3 is 2.58 bits per heavy atom. The molecule has 2 saturated heterocycles. The number of likely N-dealkylation sites (tertiary alicyclic amines) is 2. The van der Waals surface area contributed by atoms with Crippen LogP contribution < -0.4 is 0 Å². The van der Waals surface area contributed by atoms with Crippen molar-refractivity contribution in [1.82, 2.24) is 19.4 Å². The van der Waals surface area contributed by atoms with Crippen molar-refractivity contribution < 1.29 is 0 Å². The lowest BCUT2D eigenvalue weighted by Crippen LogP contribution is -2.37. The smallest absolute Gasteiger partial charge is 0.0516 e. The predicted octanol–water partition coefficient (Wildman–Crippen LogP) is 3.97. The van der Waals surface area contributed by atoms with Crippen LogP contribution >= 0.6 is 0 Å². The average Bonchev–Trinajstić information content (AvgIpc) is 3.07. The van der Waals surface area contributed by atoms with Gasteiger partial charge < -0.3 is 14.4 Å². The normalized spacial score (nSPS) is 21.6. The Morgan fingerprint density at radius 1 is 1.08 bits per heavy atom. The highest BCUT2D eigenvalue weighted by Gasteiger charge is 2.23. The quantitative estimate of drug-likeness (QED) is 0.812. The Bertz CT molecular complexity index is 706. The lowest BCUT2D eigenvalue weighted by molar-refractivity contribution is 0.156. The molecule has 26 heavy (non-hydrogen) atoms. The van der Waals surface area contributed by atoms with Gasteiger partial charge in [-0.1, -0.05) is 6.92 Å². The van der Waals surface area contributed by atoms with Gasteiger partial charge in [-0.25, -0.2) is 0 Å². The van der Waals surface area contributed by atoms with Gasteiger partial charge in [0.25, 0.3) is 0 Å². The van der Waals surface area contributed by atoms with Crippen LogP contribution in [0, 0.1) is 5.92 Å². The average molecular weight is 355 g/mol. The molecule has 2 fully saturated rings. The maximum absolute atomic E-state index is 4.34. The van der Waals surface area contributed by atoms with Crippen LogP contribution in [0.15, 0.2) is 24.7 Å². The van der Waals surface area contributed by atoms with E-state index in [9.17, 15) is 0 Å². The van der Waals surface area contributed by atoms with Gasteiger partial charge in [-0.2, -0.15) is 0 Å². The number of hydrogen-bond acceptors (Lipinski definition) is 3. The lowest BCUT2D eigenvalue weighted by Gasteiger charge is -2.35. The SMILES string of the molecule is CCc1cn(C2CCN(CCC3CCN(C)CC3)CC2)c2ccncc12. The highest BCUT2D eigenvalue weighted by Crippen LogP contribution is 2.30. The molecule has 0 aromatic carbocycles. The third-order valence-electron chi connectivity index (χ3n) is 6.74. The van der Waals surface area contributed by atoms with Crippen LogP contribution in [-0.4, -0.2) is 59.1 Å². The first-order valence-electron chi connectivity index (χ1n) is 10.6. The maximum Gasteiger partial charge on any atom is 0.0516 e. The van der Waals surface area contributed by atoms with Gasteiger partial charge in [0.2, 0.25) is 0 Å². The van der Waals surface area contributed by atoms with Crippen LogP contribution in [0.25, 0.3) is 10.9 Å². The monoisotopic (exact) mass is 354 g/mol. The first-order valence-corrected chi connectivity index (χ1v) is 10.6. The van der Waals surface area contributed by atoms with E-state index < -0.39 is 0 Å². The number of rotatable bonds is 5. The number of hydrogen-bond donors (Lipinski definition) is 0. The van der Waals surface area contributed by atoms with Gasteiger partial charge in [0.1, 0.15) is 0 Å². The molecule has 0 N–H and O–H groups in total. The first kappa shape index (κ1) is 18.0. The van der Waals surface area contributed by atoms with Crippen LogP contribution in [0.5, 0.6) is 0 Å². The number of fused-ring (bicyclic) bond motifs is 1. The molecule has 2 aliphatic heterocycles. The fourth-order valence-electron chi connectivity index (χ4n) is 4.89. The molecule has 0 atom stereocenters. The molecule has 4 nitrogen and oxygen atoms in total. The molecule has 142 valence electrons. The Morgan fingerprint density at radius 2 is 1.85 bits per heavy atom. The van der Waals surface area contributed by atoms with Crippen molar-refractivity contribution in [2.45, 2.75) is 51.5 Å². The molecule has 0 amide bonds. The standard InChI is InChI=1S/C22H34N4/c1-3-19-17-26(22-4-10-23-16-21(19)22)20-8-14-25(15-9-20)13-7-18-5-11-24(2)12-6-18/h4,10,16-18,20H,3,5-9,11-15H2,1-2H3. The van der Waals surface area contributed by atoms with Gasteiger partial charge in [-0.05, 0) is 82.8 Å². The van der Waals surface area contributed by atoms with E-state index in [1.165, 1.54) is 81.3 Å². The van der Waals surface area contributed by atoms with Crippen LogP contribution in [0.1, 0.15) is 50.6 Å². The molecular formula is C22H34N4. The molecule has 2 aromatic heterocycles. The van der Waals surface area contributed by atoms with Gasteiger partial charge in [-0.15, -0.1) is 0 Å². The number of aryl methyl sites for hydroxylation is 1. The Hall–Kier alpha value is -1.39. The fourth-order valence-corrected chi connectivity index (χ4v) is 4.89. The van der Waals surface area contributed by atoms with Crippen LogP contribution in [-0.2, 0) is 6.42 Å². The number of aromatic nitrogens is 2. The molecule has 4 rings (SSSR count). The minimum Gasteiger partial charge on any atom is -0.344 e. The van der Waals surface area contributed by atoms with Gasteiger partial charge in [0, 0.05) is 43.1 Å². The summed E-state index contributed by atoms with van der Waals surface area (Å²) in [6.45, 7) is 8.65. The van der Waals surface area contributed by atoms with Crippen LogP contribution in [0.2, 0.25) is 0 Å². The van der Waals surface area contributed by atoms with Crippen LogP contribution in [0.4, 0.5) is 0 Å². The molecule has 0 spiro atoms. The van der Waals surface area contributed by atoms with E-state index in [1.54, 1.807) is 0 Å².